The van der Waals surface area contributed by atoms with Crippen LogP contribution in [0.5, 0.6) is 5.75 Å². The van der Waals surface area contributed by atoms with E-state index in [4.69, 9.17) is 9.47 Å². The second kappa shape index (κ2) is 8.35. The number of ether oxygens (including phenoxy) is 2. The Hall–Kier alpha value is -1.66. The first-order valence-corrected chi connectivity index (χ1v) is 9.43. The van der Waals surface area contributed by atoms with E-state index in [1.54, 1.807) is 12.1 Å². The molecule has 2 unspecified atom stereocenters. The SMILES string of the molecule is COc1ccc(CC(=O)N2CCC3CN(C(C)C)CCOC3C2)cc1F. The highest BCUT2D eigenvalue weighted by Gasteiger charge is 2.35. The van der Waals surface area contributed by atoms with Gasteiger partial charge in [0.15, 0.2) is 11.6 Å². The summed E-state index contributed by atoms with van der Waals surface area (Å²) in [5.74, 6) is 0.268. The number of nitrogens with zero attached hydrogens (tertiary/aromatic N) is 2. The molecule has 2 atom stereocenters. The van der Waals surface area contributed by atoms with Crippen molar-refractivity contribution in [2.24, 2.45) is 5.92 Å². The molecule has 0 aromatic heterocycles. The summed E-state index contributed by atoms with van der Waals surface area (Å²) in [4.78, 5) is 17.0. The van der Waals surface area contributed by atoms with Crippen LogP contribution in [0.4, 0.5) is 4.39 Å². The molecular formula is C20H29FN2O3. The van der Waals surface area contributed by atoms with Crippen molar-refractivity contribution >= 4 is 5.91 Å². The molecule has 26 heavy (non-hydrogen) atoms. The molecule has 0 bridgehead atoms. The topological polar surface area (TPSA) is 42.0 Å². The van der Waals surface area contributed by atoms with E-state index in [1.165, 1.54) is 13.2 Å². The summed E-state index contributed by atoms with van der Waals surface area (Å²) in [5, 5.41) is 0. The fraction of sp³-hybridized carbons (Fsp3) is 0.650. The predicted molar refractivity (Wildman–Crippen MR) is 97.8 cm³/mol. The summed E-state index contributed by atoms with van der Waals surface area (Å²) in [7, 11) is 1.43. The maximum atomic E-state index is 13.8. The van der Waals surface area contributed by atoms with Crippen molar-refractivity contribution < 1.29 is 18.7 Å². The second-order valence-electron chi connectivity index (χ2n) is 7.53. The minimum Gasteiger partial charge on any atom is -0.494 e. The molecule has 5 nitrogen and oxygen atoms in total. The normalized spacial score (nSPS) is 24.3. The quantitative estimate of drug-likeness (QED) is 0.822. The number of hydrogen-bond acceptors (Lipinski definition) is 4. The molecule has 2 fully saturated rings. The van der Waals surface area contributed by atoms with Crippen molar-refractivity contribution in [1.82, 2.24) is 9.80 Å². The van der Waals surface area contributed by atoms with E-state index in [9.17, 15) is 9.18 Å². The summed E-state index contributed by atoms with van der Waals surface area (Å²) < 4.78 is 24.8. The highest BCUT2D eigenvalue weighted by molar-refractivity contribution is 5.79. The first kappa shape index (κ1) is 19.1. The van der Waals surface area contributed by atoms with Crippen molar-refractivity contribution in [3.05, 3.63) is 29.6 Å². The van der Waals surface area contributed by atoms with E-state index in [2.05, 4.69) is 18.7 Å². The minimum absolute atomic E-state index is 0.0292. The number of methoxy groups -OCH3 is 1. The molecule has 6 heteroatoms. The zero-order valence-corrected chi connectivity index (χ0v) is 15.9. The largest absolute Gasteiger partial charge is 0.494 e. The van der Waals surface area contributed by atoms with Crippen LogP contribution in [0.15, 0.2) is 18.2 Å². The van der Waals surface area contributed by atoms with Crippen LogP contribution < -0.4 is 4.74 Å². The lowest BCUT2D eigenvalue weighted by Crippen LogP contribution is -2.49. The molecule has 0 saturated carbocycles. The monoisotopic (exact) mass is 364 g/mol. The molecule has 2 saturated heterocycles. The second-order valence-corrected chi connectivity index (χ2v) is 7.53. The average molecular weight is 364 g/mol. The smallest absolute Gasteiger partial charge is 0.227 e. The molecule has 1 amide bonds. The van der Waals surface area contributed by atoms with E-state index in [0.717, 1.165) is 26.1 Å². The zero-order chi connectivity index (χ0) is 18.7. The van der Waals surface area contributed by atoms with Crippen LogP contribution in [0, 0.1) is 11.7 Å². The van der Waals surface area contributed by atoms with Gasteiger partial charge in [0.05, 0.1) is 26.2 Å². The Kier molecular flexibility index (Phi) is 6.14. The zero-order valence-electron chi connectivity index (χ0n) is 15.9. The average Bonchev–Trinajstić information content (AvgIpc) is 2.83. The van der Waals surface area contributed by atoms with Crippen molar-refractivity contribution in [3.8, 4) is 5.75 Å². The maximum Gasteiger partial charge on any atom is 0.227 e. The van der Waals surface area contributed by atoms with Crippen molar-refractivity contribution in [2.75, 3.05) is 39.9 Å². The highest BCUT2D eigenvalue weighted by Crippen LogP contribution is 2.26. The van der Waals surface area contributed by atoms with Crippen LogP contribution in [0.25, 0.3) is 0 Å². The van der Waals surface area contributed by atoms with Crippen molar-refractivity contribution in [3.63, 3.8) is 0 Å². The van der Waals surface area contributed by atoms with Gasteiger partial charge < -0.3 is 14.4 Å². The molecule has 3 rings (SSSR count). The van der Waals surface area contributed by atoms with Crippen LogP contribution in [0.3, 0.4) is 0 Å². The van der Waals surface area contributed by atoms with Gasteiger partial charge in [-0.05, 0) is 38.0 Å². The fourth-order valence-corrected chi connectivity index (χ4v) is 3.88. The number of halogens is 1. The number of fused-ring (bicyclic) bond motifs is 1. The van der Waals surface area contributed by atoms with Crippen LogP contribution in [0.2, 0.25) is 0 Å². The number of piperidine rings is 1. The highest BCUT2D eigenvalue weighted by atomic mass is 19.1. The number of likely N-dealkylation sites (tertiary alicyclic amines) is 1. The third kappa shape index (κ3) is 4.35. The lowest BCUT2D eigenvalue weighted by molar-refractivity contribution is -0.136. The predicted octanol–water partition coefficient (Wildman–Crippen LogP) is 2.33. The molecule has 0 radical (unpaired) electrons. The lowest BCUT2D eigenvalue weighted by atomic mass is 9.92. The number of benzene rings is 1. The first-order chi connectivity index (χ1) is 12.5. The Labute approximate surface area is 155 Å². The molecule has 0 aliphatic carbocycles. The van der Waals surface area contributed by atoms with Gasteiger partial charge in [-0.1, -0.05) is 6.07 Å². The van der Waals surface area contributed by atoms with Crippen molar-refractivity contribution in [1.29, 1.82) is 0 Å². The molecule has 1 aromatic carbocycles. The van der Waals surface area contributed by atoms with E-state index in [0.29, 0.717) is 30.7 Å². The van der Waals surface area contributed by atoms with Gasteiger partial charge >= 0.3 is 0 Å². The minimum atomic E-state index is -0.433. The number of carbonyl (C=O) groups is 1. The van der Waals surface area contributed by atoms with Crippen LogP contribution in [0.1, 0.15) is 25.8 Å². The number of hydrogen-bond donors (Lipinski definition) is 0. The van der Waals surface area contributed by atoms with E-state index >= 15 is 0 Å². The van der Waals surface area contributed by atoms with Gasteiger partial charge in [0, 0.05) is 38.1 Å². The van der Waals surface area contributed by atoms with Gasteiger partial charge in [-0.3, -0.25) is 9.69 Å². The van der Waals surface area contributed by atoms with Crippen LogP contribution >= 0.6 is 0 Å². The van der Waals surface area contributed by atoms with Gasteiger partial charge in [-0.25, -0.2) is 4.39 Å². The van der Waals surface area contributed by atoms with E-state index in [-0.39, 0.29) is 24.2 Å². The standard InChI is InChI=1S/C20H29FN2O3/c1-14(2)22-8-9-26-19-13-23(7-6-16(19)12-22)20(24)11-15-4-5-18(25-3)17(21)10-15/h4-5,10,14,16,19H,6-9,11-13H2,1-3H3. The molecule has 2 heterocycles. The third-order valence-electron chi connectivity index (χ3n) is 5.53. The van der Waals surface area contributed by atoms with Gasteiger partial charge in [0.25, 0.3) is 0 Å². The molecule has 2 aliphatic heterocycles. The van der Waals surface area contributed by atoms with Crippen LogP contribution in [-0.2, 0) is 16.0 Å². The third-order valence-corrected chi connectivity index (χ3v) is 5.53. The summed E-state index contributed by atoms with van der Waals surface area (Å²) in [6.45, 7) is 8.50. The Morgan fingerprint density at radius 3 is 2.85 bits per heavy atom. The summed E-state index contributed by atoms with van der Waals surface area (Å²) >= 11 is 0. The Morgan fingerprint density at radius 1 is 1.35 bits per heavy atom. The summed E-state index contributed by atoms with van der Waals surface area (Å²) in [6.07, 6.45) is 1.26. The summed E-state index contributed by atoms with van der Waals surface area (Å²) in [5.41, 5.74) is 0.670. The van der Waals surface area contributed by atoms with Gasteiger partial charge in [0.2, 0.25) is 5.91 Å². The maximum absolute atomic E-state index is 13.8. The van der Waals surface area contributed by atoms with E-state index in [1.807, 2.05) is 4.90 Å². The molecular weight excluding hydrogens is 335 g/mol. The molecule has 144 valence electrons. The number of rotatable bonds is 4. The van der Waals surface area contributed by atoms with Gasteiger partial charge in [-0.2, -0.15) is 0 Å². The summed E-state index contributed by atoms with van der Waals surface area (Å²) in [6, 6.07) is 5.21. The molecule has 2 aliphatic rings. The Bertz CT molecular complexity index is 637. The van der Waals surface area contributed by atoms with E-state index < -0.39 is 5.82 Å². The van der Waals surface area contributed by atoms with Gasteiger partial charge in [-0.15, -0.1) is 0 Å². The molecule has 1 aromatic rings. The molecule has 0 spiro atoms. The Balaban J connectivity index is 1.59. The lowest BCUT2D eigenvalue weighted by Gasteiger charge is -2.38. The molecule has 0 N–H and O–H groups in total. The van der Waals surface area contributed by atoms with Gasteiger partial charge in [0.1, 0.15) is 0 Å². The Morgan fingerprint density at radius 2 is 2.15 bits per heavy atom. The van der Waals surface area contributed by atoms with Crippen LogP contribution in [-0.4, -0.2) is 67.7 Å². The van der Waals surface area contributed by atoms with Crippen molar-refractivity contribution in [2.45, 2.75) is 38.8 Å². The first-order valence-electron chi connectivity index (χ1n) is 9.43. The number of carbonyl (C=O) groups excluding carboxylic acids is 1. The fourth-order valence-electron chi connectivity index (χ4n) is 3.88. The number of amides is 1.